The number of nitrogens with one attached hydrogen (secondary N) is 1. The molecule has 11 heteroatoms. The van der Waals surface area contributed by atoms with Gasteiger partial charge in [-0.1, -0.05) is 20.8 Å². The average molecular weight is 647 g/mol. The van der Waals surface area contributed by atoms with E-state index in [2.05, 4.69) is 29.0 Å². The van der Waals surface area contributed by atoms with Crippen LogP contribution in [-0.2, 0) is 9.59 Å². The molecule has 9 nitrogen and oxygen atoms in total. The number of rotatable bonds is 14. The van der Waals surface area contributed by atoms with Gasteiger partial charge in [0.25, 0.3) is 0 Å². The molecule has 0 aliphatic heterocycles. The molecule has 47 heavy (non-hydrogen) atoms. The number of carbonyl (C=O) groups excluding carboxylic acids is 2. The maximum absolute atomic E-state index is 15.4. The summed E-state index contributed by atoms with van der Waals surface area (Å²) in [6.07, 6.45) is 2.77. The Morgan fingerprint density at radius 1 is 0.979 bits per heavy atom. The normalized spacial score (nSPS) is 17.0. The van der Waals surface area contributed by atoms with E-state index in [-0.39, 0.29) is 17.4 Å². The lowest BCUT2D eigenvalue weighted by atomic mass is 10.00. The monoisotopic (exact) mass is 646 g/mol. The highest BCUT2D eigenvalue weighted by molar-refractivity contribution is 6.18. The molecule has 1 aliphatic rings. The number of amides is 2. The number of fused-ring (bicyclic) bond motifs is 1. The number of pyridine rings is 1. The van der Waals surface area contributed by atoms with E-state index >= 15 is 4.39 Å². The van der Waals surface area contributed by atoms with E-state index in [9.17, 15) is 14.0 Å². The van der Waals surface area contributed by atoms with Crippen LogP contribution < -0.4 is 24.4 Å². The summed E-state index contributed by atoms with van der Waals surface area (Å²) in [6.45, 7) is 9.49. The Hall–Kier alpha value is -4.77. The van der Waals surface area contributed by atoms with Gasteiger partial charge in [-0.15, -0.1) is 0 Å². The third kappa shape index (κ3) is 7.15. The van der Waals surface area contributed by atoms with Crippen LogP contribution in [0.3, 0.4) is 0 Å². The minimum atomic E-state index is -1.31. The highest BCUT2D eigenvalue weighted by Crippen LogP contribution is 2.54. The van der Waals surface area contributed by atoms with Gasteiger partial charge in [-0.05, 0) is 80.4 Å². The summed E-state index contributed by atoms with van der Waals surface area (Å²) in [4.78, 5) is 34.9. The zero-order valence-electron chi connectivity index (χ0n) is 27.3. The van der Waals surface area contributed by atoms with Crippen molar-refractivity contribution in [3.05, 3.63) is 78.5 Å². The Balaban J connectivity index is 1.28. The number of hydrogen-bond donors (Lipinski definition) is 1. The van der Waals surface area contributed by atoms with Gasteiger partial charge in [0, 0.05) is 48.7 Å². The van der Waals surface area contributed by atoms with Crippen molar-refractivity contribution in [2.45, 2.75) is 33.6 Å². The number of halogens is 2. The molecule has 2 atom stereocenters. The minimum absolute atomic E-state index is 0.0622. The van der Waals surface area contributed by atoms with Crippen molar-refractivity contribution in [1.82, 2.24) is 9.88 Å². The van der Waals surface area contributed by atoms with E-state index in [0.29, 0.717) is 46.9 Å². The van der Waals surface area contributed by atoms with Crippen LogP contribution in [-0.4, -0.2) is 62.1 Å². The molecule has 248 valence electrons. The zero-order valence-corrected chi connectivity index (χ0v) is 27.3. The number of carbonyl (C=O) groups is 2. The molecular formula is C36H40F2N4O5. The molecule has 1 saturated carbocycles. The molecule has 0 bridgehead atoms. The smallest absolute Gasteiger partial charge is 0.242 e. The fourth-order valence-corrected chi connectivity index (χ4v) is 5.74. The second-order valence-corrected chi connectivity index (χ2v) is 11.7. The highest BCUT2D eigenvalue weighted by Gasteiger charge is 2.64. The topological polar surface area (TPSA) is 93.2 Å². The molecular weight excluding hydrogens is 606 g/mol. The lowest BCUT2D eigenvalue weighted by Gasteiger charge is -2.24. The first kappa shape index (κ1) is 33.6. The van der Waals surface area contributed by atoms with Gasteiger partial charge in [0.05, 0.1) is 19.2 Å². The van der Waals surface area contributed by atoms with Crippen molar-refractivity contribution in [1.29, 1.82) is 0 Å². The van der Waals surface area contributed by atoms with Crippen LogP contribution in [0.25, 0.3) is 10.9 Å². The second-order valence-electron chi connectivity index (χ2n) is 11.7. The van der Waals surface area contributed by atoms with Gasteiger partial charge < -0.3 is 29.3 Å². The Morgan fingerprint density at radius 3 is 2.34 bits per heavy atom. The maximum Gasteiger partial charge on any atom is 0.242 e. The van der Waals surface area contributed by atoms with Crippen molar-refractivity contribution in [3.8, 4) is 23.0 Å². The van der Waals surface area contributed by atoms with E-state index in [0.717, 1.165) is 32.1 Å². The summed E-state index contributed by atoms with van der Waals surface area (Å²) in [5.41, 5.74) is -0.0753. The number of methoxy groups -OCH3 is 1. The van der Waals surface area contributed by atoms with E-state index in [1.807, 2.05) is 6.92 Å². The Bertz CT molecular complexity index is 1750. The second kappa shape index (κ2) is 14.3. The molecule has 1 heterocycles. The van der Waals surface area contributed by atoms with Gasteiger partial charge in [-0.25, -0.2) is 8.78 Å². The summed E-state index contributed by atoms with van der Waals surface area (Å²) >= 11 is 0. The molecule has 0 spiro atoms. The third-order valence-electron chi connectivity index (χ3n) is 8.78. The summed E-state index contributed by atoms with van der Waals surface area (Å²) in [5.74, 6) is -0.950. The Labute approximate surface area is 273 Å². The van der Waals surface area contributed by atoms with Crippen molar-refractivity contribution in [2.75, 3.05) is 50.6 Å². The molecule has 2 amide bonds. The molecule has 3 aromatic carbocycles. The zero-order chi connectivity index (χ0) is 33.7. The molecule has 5 rings (SSSR count). The largest absolute Gasteiger partial charge is 0.493 e. The summed E-state index contributed by atoms with van der Waals surface area (Å²) in [5, 5.41) is 3.30. The quantitative estimate of drug-likeness (QED) is 0.116. The van der Waals surface area contributed by atoms with Gasteiger partial charge in [0.15, 0.2) is 23.1 Å². The number of aromatic nitrogens is 1. The van der Waals surface area contributed by atoms with Crippen LogP contribution in [0.15, 0.2) is 66.9 Å². The Morgan fingerprint density at radius 2 is 1.70 bits per heavy atom. The Kier molecular flexibility index (Phi) is 10.2. The van der Waals surface area contributed by atoms with Crippen molar-refractivity contribution in [2.24, 2.45) is 11.3 Å². The van der Waals surface area contributed by atoms with E-state index < -0.39 is 28.9 Å². The lowest BCUT2D eigenvalue weighted by molar-refractivity contribution is -0.133. The van der Waals surface area contributed by atoms with Crippen LogP contribution in [0.1, 0.15) is 33.6 Å². The van der Waals surface area contributed by atoms with Crippen LogP contribution in [0.5, 0.6) is 23.0 Å². The van der Waals surface area contributed by atoms with Crippen LogP contribution in [0.2, 0.25) is 0 Å². The first-order valence-corrected chi connectivity index (χ1v) is 15.8. The van der Waals surface area contributed by atoms with Gasteiger partial charge >= 0.3 is 0 Å². The van der Waals surface area contributed by atoms with Crippen LogP contribution >= 0.6 is 0 Å². The summed E-state index contributed by atoms with van der Waals surface area (Å²) in [6, 6.07) is 14.7. The molecule has 1 aromatic heterocycles. The number of ether oxygens (including phenoxy) is 3. The van der Waals surface area contributed by atoms with E-state index in [4.69, 9.17) is 14.2 Å². The SMILES string of the molecule is CCN(CC)CCCOc1cc2nccc(Oc3ccc(NC(=O)[C@]4(C(=O)N(C)c5ccc(F)cc5)C[C@H]4C)cc3F)c2cc1OC. The molecule has 1 aliphatic carbocycles. The lowest BCUT2D eigenvalue weighted by Crippen LogP contribution is -2.42. The average Bonchev–Trinajstić information content (AvgIpc) is 3.77. The van der Waals surface area contributed by atoms with Crippen molar-refractivity contribution < 1.29 is 32.6 Å². The summed E-state index contributed by atoms with van der Waals surface area (Å²) in [7, 11) is 3.09. The molecule has 0 saturated heterocycles. The van der Waals surface area contributed by atoms with Crippen molar-refractivity contribution >= 4 is 34.1 Å². The van der Waals surface area contributed by atoms with Gasteiger partial charge in [0.1, 0.15) is 17.0 Å². The first-order chi connectivity index (χ1) is 22.6. The number of anilines is 2. The maximum atomic E-state index is 15.4. The van der Waals surface area contributed by atoms with Crippen LogP contribution in [0, 0.1) is 23.0 Å². The van der Waals surface area contributed by atoms with Gasteiger partial charge in [-0.2, -0.15) is 0 Å². The molecule has 1 N–H and O–H groups in total. The number of hydrogen-bond acceptors (Lipinski definition) is 7. The van der Waals surface area contributed by atoms with E-state index in [1.165, 1.54) is 41.3 Å². The van der Waals surface area contributed by atoms with Gasteiger partial charge in [-0.3, -0.25) is 14.6 Å². The highest BCUT2D eigenvalue weighted by atomic mass is 19.1. The van der Waals surface area contributed by atoms with Gasteiger partial charge in [0.2, 0.25) is 11.8 Å². The molecule has 0 radical (unpaired) electrons. The molecule has 4 aromatic rings. The fourth-order valence-electron chi connectivity index (χ4n) is 5.74. The number of benzene rings is 3. The molecule has 1 fully saturated rings. The molecule has 0 unspecified atom stereocenters. The number of nitrogens with zero attached hydrogens (tertiary/aromatic N) is 3. The van der Waals surface area contributed by atoms with Crippen LogP contribution in [0.4, 0.5) is 20.2 Å². The van der Waals surface area contributed by atoms with Crippen molar-refractivity contribution in [3.63, 3.8) is 0 Å². The first-order valence-electron chi connectivity index (χ1n) is 15.8. The summed E-state index contributed by atoms with van der Waals surface area (Å²) < 4.78 is 46.3. The van der Waals surface area contributed by atoms with E-state index in [1.54, 1.807) is 38.6 Å². The predicted octanol–water partition coefficient (Wildman–Crippen LogP) is 7.05. The third-order valence-corrected chi connectivity index (χ3v) is 8.78. The minimum Gasteiger partial charge on any atom is -0.493 e. The predicted molar refractivity (Wildman–Crippen MR) is 177 cm³/mol. The standard InChI is InChI=1S/C36H40F2N4O5/c1-6-42(7-2)17-8-18-46-33-21-29-27(20-32(33)45-5)30(15-16-39-29)47-31-14-11-25(19-28(31)38)40-34(43)36(22-23(36)3)35(44)41(4)26-12-9-24(37)10-13-26/h9-16,19-21,23H,6-8,17-18,22H2,1-5H3,(H,40,43)/t23-,36+/m1/s1. The fraction of sp³-hybridized carbons (Fsp3) is 0.361.